The topological polar surface area (TPSA) is 76.0 Å². The molecule has 0 aliphatic carbocycles. The molecule has 0 fully saturated rings. The molecule has 0 spiro atoms. The summed E-state index contributed by atoms with van der Waals surface area (Å²) >= 11 is 15.9. The highest BCUT2D eigenvalue weighted by Gasteiger charge is 2.33. The first-order valence-electron chi connectivity index (χ1n) is 3.26. The molecule has 1 heterocycles. The van der Waals surface area contributed by atoms with Crippen LogP contribution >= 0.6 is 34.8 Å². The normalized spacial score (nSPS) is 11.4. The van der Waals surface area contributed by atoms with E-state index in [4.69, 9.17) is 34.8 Å². The molecule has 8 heteroatoms. The molecule has 0 bridgehead atoms. The third-order valence-corrected chi connectivity index (χ3v) is 1.90. The molecule has 0 aliphatic heterocycles. The zero-order valence-electron chi connectivity index (χ0n) is 6.46. The predicted octanol–water partition coefficient (Wildman–Crippen LogP) is 2.48. The van der Waals surface area contributed by atoms with Crippen molar-refractivity contribution in [3.63, 3.8) is 0 Å². The van der Waals surface area contributed by atoms with Crippen molar-refractivity contribution in [2.45, 2.75) is 3.79 Å². The fraction of sp³-hybridized carbons (Fsp3) is 0.167. The number of carbonyl (C=O) groups is 1. The minimum atomic E-state index is -2.10. The minimum absolute atomic E-state index is 0.0447. The van der Waals surface area contributed by atoms with Gasteiger partial charge in [-0.05, 0) is 4.92 Å². The van der Waals surface area contributed by atoms with Gasteiger partial charge in [0, 0.05) is 6.07 Å². The maximum Gasteiger partial charge on any atom is 0.321 e. The van der Waals surface area contributed by atoms with Gasteiger partial charge in [0.1, 0.15) is 0 Å². The van der Waals surface area contributed by atoms with Gasteiger partial charge in [0.05, 0.1) is 11.8 Å². The predicted molar refractivity (Wildman–Crippen MR) is 52.1 cm³/mol. The van der Waals surface area contributed by atoms with E-state index in [1.807, 2.05) is 0 Å². The van der Waals surface area contributed by atoms with Crippen LogP contribution in [0.15, 0.2) is 12.3 Å². The SMILES string of the molecule is O=C(c1c[nH]c([N+](=O)[O-])c1)C(Cl)(Cl)Cl. The molecule has 0 saturated carbocycles. The van der Waals surface area contributed by atoms with Crippen LogP contribution < -0.4 is 0 Å². The minimum Gasteiger partial charge on any atom is -0.358 e. The average Bonchev–Trinajstić information content (AvgIpc) is 2.48. The second kappa shape index (κ2) is 3.76. The fourth-order valence-electron chi connectivity index (χ4n) is 0.782. The number of ketones is 1. The molecule has 5 nitrogen and oxygen atoms in total. The van der Waals surface area contributed by atoms with Gasteiger partial charge in [-0.15, -0.1) is 0 Å². The number of aromatic nitrogens is 1. The molecular weight excluding hydrogens is 254 g/mol. The van der Waals surface area contributed by atoms with E-state index in [0.717, 1.165) is 12.3 Å². The van der Waals surface area contributed by atoms with Crippen LogP contribution in [0.5, 0.6) is 0 Å². The highest BCUT2D eigenvalue weighted by Crippen LogP contribution is 2.31. The fourth-order valence-corrected chi connectivity index (χ4v) is 1.11. The summed E-state index contributed by atoms with van der Waals surface area (Å²) in [5.74, 6) is -1.14. The Morgan fingerprint density at radius 3 is 2.43 bits per heavy atom. The van der Waals surface area contributed by atoms with Gasteiger partial charge in [-0.1, -0.05) is 34.8 Å². The van der Waals surface area contributed by atoms with E-state index in [1.165, 1.54) is 0 Å². The zero-order valence-corrected chi connectivity index (χ0v) is 8.73. The summed E-state index contributed by atoms with van der Waals surface area (Å²) in [6.07, 6.45) is 1.11. The van der Waals surface area contributed by atoms with Gasteiger partial charge in [-0.25, -0.2) is 4.98 Å². The molecule has 0 atom stereocenters. The lowest BCUT2D eigenvalue weighted by Crippen LogP contribution is -2.18. The summed E-state index contributed by atoms with van der Waals surface area (Å²) in [7, 11) is 0. The Bertz CT molecular complexity index is 382. The standard InChI is InChI=1S/C6H3Cl3N2O3/c7-6(8,9)5(12)3-1-4(10-2-3)11(13)14/h1-2,10H. The number of nitro groups is 1. The molecule has 0 saturated heterocycles. The monoisotopic (exact) mass is 256 g/mol. The first kappa shape index (κ1) is 11.3. The molecule has 1 rings (SSSR count). The smallest absolute Gasteiger partial charge is 0.321 e. The number of hydrogen-bond donors (Lipinski definition) is 1. The number of hydrogen-bond acceptors (Lipinski definition) is 3. The second-order valence-corrected chi connectivity index (χ2v) is 4.64. The first-order valence-corrected chi connectivity index (χ1v) is 4.40. The first-order chi connectivity index (χ1) is 6.32. The molecule has 0 aromatic carbocycles. The molecule has 0 unspecified atom stereocenters. The van der Waals surface area contributed by atoms with Crippen LogP contribution in [0.1, 0.15) is 10.4 Å². The highest BCUT2D eigenvalue weighted by molar-refractivity contribution is 6.77. The maximum atomic E-state index is 11.3. The van der Waals surface area contributed by atoms with E-state index in [2.05, 4.69) is 4.98 Å². The van der Waals surface area contributed by atoms with E-state index in [1.54, 1.807) is 0 Å². The molecule has 1 aromatic rings. The second-order valence-electron chi connectivity index (χ2n) is 2.36. The van der Waals surface area contributed by atoms with Gasteiger partial charge in [0.15, 0.2) is 0 Å². The third kappa shape index (κ3) is 2.37. The summed E-state index contributed by atoms with van der Waals surface area (Å²) in [4.78, 5) is 23.1. The number of Topliss-reactive ketones (excluding diaryl/α,β-unsaturated/α-hetero) is 1. The van der Waals surface area contributed by atoms with E-state index >= 15 is 0 Å². The van der Waals surface area contributed by atoms with E-state index in [-0.39, 0.29) is 11.4 Å². The maximum absolute atomic E-state index is 11.3. The molecule has 76 valence electrons. The van der Waals surface area contributed by atoms with Gasteiger partial charge in [-0.2, -0.15) is 0 Å². The van der Waals surface area contributed by atoms with Crippen LogP contribution in [0.2, 0.25) is 0 Å². The summed E-state index contributed by atoms with van der Waals surface area (Å²) in [5.41, 5.74) is -0.0447. The number of H-pyrrole nitrogens is 1. The molecule has 0 aliphatic rings. The summed E-state index contributed by atoms with van der Waals surface area (Å²) in [5, 5.41) is 10.3. The van der Waals surface area contributed by atoms with Crippen LogP contribution in [0, 0.1) is 10.1 Å². The third-order valence-electron chi connectivity index (χ3n) is 1.38. The Morgan fingerprint density at radius 2 is 2.07 bits per heavy atom. The Balaban J connectivity index is 2.99. The van der Waals surface area contributed by atoms with Crippen LogP contribution in [0.4, 0.5) is 5.82 Å². The van der Waals surface area contributed by atoms with E-state index < -0.39 is 14.5 Å². The van der Waals surface area contributed by atoms with Gasteiger partial charge in [0.25, 0.3) is 3.79 Å². The highest BCUT2D eigenvalue weighted by atomic mass is 35.6. The molecule has 0 amide bonds. The summed E-state index contributed by atoms with van der Waals surface area (Å²) in [6.45, 7) is 0. The van der Waals surface area contributed by atoms with Crippen molar-refractivity contribution in [1.29, 1.82) is 0 Å². The van der Waals surface area contributed by atoms with E-state index in [0.29, 0.717) is 0 Å². The number of carbonyl (C=O) groups excluding carboxylic acids is 1. The Morgan fingerprint density at radius 1 is 1.50 bits per heavy atom. The summed E-state index contributed by atoms with van der Waals surface area (Å²) < 4.78 is -2.10. The molecule has 1 aromatic heterocycles. The number of rotatable bonds is 2. The van der Waals surface area contributed by atoms with E-state index in [9.17, 15) is 14.9 Å². The average molecular weight is 257 g/mol. The summed E-state index contributed by atoms with van der Waals surface area (Å²) in [6, 6.07) is 1.00. The Kier molecular flexibility index (Phi) is 3.04. The lowest BCUT2D eigenvalue weighted by molar-refractivity contribution is -0.389. The largest absolute Gasteiger partial charge is 0.358 e. The molecule has 14 heavy (non-hydrogen) atoms. The Hall–Kier alpha value is -0.780. The lowest BCUT2D eigenvalue weighted by atomic mass is 10.2. The quantitative estimate of drug-likeness (QED) is 0.383. The van der Waals surface area contributed by atoms with Crippen molar-refractivity contribution in [1.82, 2.24) is 4.98 Å². The van der Waals surface area contributed by atoms with Gasteiger partial charge < -0.3 is 10.1 Å². The molecular formula is C6H3Cl3N2O3. The van der Waals surface area contributed by atoms with Crippen molar-refractivity contribution in [2.75, 3.05) is 0 Å². The zero-order chi connectivity index (χ0) is 10.9. The Labute approximate surface area is 93.1 Å². The number of nitrogens with one attached hydrogen (secondary N) is 1. The van der Waals surface area contributed by atoms with Gasteiger partial charge >= 0.3 is 5.82 Å². The van der Waals surface area contributed by atoms with Crippen molar-refractivity contribution in [2.24, 2.45) is 0 Å². The van der Waals surface area contributed by atoms with Crippen LogP contribution in [0.25, 0.3) is 0 Å². The number of alkyl halides is 3. The van der Waals surface area contributed by atoms with Crippen molar-refractivity contribution < 1.29 is 9.72 Å². The lowest BCUT2D eigenvalue weighted by Gasteiger charge is -2.05. The van der Waals surface area contributed by atoms with Crippen LogP contribution in [0.3, 0.4) is 0 Å². The molecule has 0 radical (unpaired) electrons. The van der Waals surface area contributed by atoms with Gasteiger partial charge in [-0.3, -0.25) is 4.79 Å². The molecule has 1 N–H and O–H groups in total. The van der Waals surface area contributed by atoms with Crippen molar-refractivity contribution in [3.8, 4) is 0 Å². The number of halogens is 3. The van der Waals surface area contributed by atoms with Crippen molar-refractivity contribution in [3.05, 3.63) is 27.9 Å². The number of nitrogens with zero attached hydrogens (tertiary/aromatic N) is 1. The van der Waals surface area contributed by atoms with Crippen LogP contribution in [-0.4, -0.2) is 19.5 Å². The van der Waals surface area contributed by atoms with Gasteiger partial charge in [0.2, 0.25) is 5.78 Å². The van der Waals surface area contributed by atoms with Crippen molar-refractivity contribution >= 4 is 46.4 Å². The van der Waals surface area contributed by atoms with Crippen LogP contribution in [-0.2, 0) is 0 Å². The number of aromatic amines is 1.